The second-order valence-electron chi connectivity index (χ2n) is 4.96. The molecule has 0 atom stereocenters. The lowest BCUT2D eigenvalue weighted by Gasteiger charge is -2.13. The summed E-state index contributed by atoms with van der Waals surface area (Å²) < 4.78 is 22.1. The van der Waals surface area contributed by atoms with Crippen molar-refractivity contribution in [2.75, 3.05) is 5.01 Å². The number of carbonyl (C=O) groups is 1. The van der Waals surface area contributed by atoms with Crippen LogP contribution in [-0.4, -0.2) is 25.4 Å². The molecule has 0 spiro atoms. The zero-order valence-corrected chi connectivity index (χ0v) is 13.3. The van der Waals surface area contributed by atoms with Crippen LogP contribution in [0.2, 0.25) is 0 Å². The molecule has 0 aliphatic carbocycles. The van der Waals surface area contributed by atoms with Crippen molar-refractivity contribution < 1.29 is 18.0 Å². The standard InChI is InChI=1S/C15H12N4O4S/c1-9(10-5-3-7-16-10)13-14-11(17-8-20)4-2-6-12(14)19(15(13)21)18-24(22)23/h2-7,16,24H,1H3,(H,18,22,23). The first kappa shape index (κ1) is 15.9. The zero-order valence-electron chi connectivity index (χ0n) is 12.4. The van der Waals surface area contributed by atoms with E-state index in [1.807, 2.05) is 0 Å². The highest BCUT2D eigenvalue weighted by atomic mass is 32.2. The van der Waals surface area contributed by atoms with E-state index in [1.54, 1.807) is 43.5 Å². The molecule has 1 aliphatic heterocycles. The first-order chi connectivity index (χ1) is 11.5. The fourth-order valence-electron chi connectivity index (χ4n) is 2.67. The monoisotopic (exact) mass is 344 g/mol. The van der Waals surface area contributed by atoms with Crippen molar-refractivity contribution in [3.05, 3.63) is 47.8 Å². The number of H-pyrrole nitrogens is 1. The van der Waals surface area contributed by atoms with E-state index in [0.717, 1.165) is 5.01 Å². The maximum absolute atomic E-state index is 12.8. The Kier molecular flexibility index (Phi) is 4.13. The number of rotatable bonds is 4. The number of benzene rings is 1. The van der Waals surface area contributed by atoms with Gasteiger partial charge in [-0.3, -0.25) is 4.79 Å². The summed E-state index contributed by atoms with van der Waals surface area (Å²) in [5.74, 6) is -0.551. The van der Waals surface area contributed by atoms with Crippen molar-refractivity contribution in [1.82, 2.24) is 9.82 Å². The summed E-state index contributed by atoms with van der Waals surface area (Å²) in [7, 11) is -3.05. The van der Waals surface area contributed by atoms with Crippen LogP contribution >= 0.6 is 0 Å². The van der Waals surface area contributed by atoms with E-state index >= 15 is 0 Å². The van der Waals surface area contributed by atoms with Gasteiger partial charge in [0.25, 0.3) is 5.91 Å². The number of allylic oxidation sites excluding steroid dienone is 1. The van der Waals surface area contributed by atoms with Gasteiger partial charge < -0.3 is 4.98 Å². The number of carbonyl (C=O) groups excluding carboxylic acids is 2. The predicted octanol–water partition coefficient (Wildman–Crippen LogP) is 1.29. The number of hydrazine groups is 1. The SMILES string of the molecule is CC(=C1C(=O)N(N[SH](=O)=O)c2cccc(N=C=O)c21)c1ccc[nH]1. The van der Waals surface area contributed by atoms with Crippen LogP contribution in [0.5, 0.6) is 0 Å². The average Bonchev–Trinajstić information content (AvgIpc) is 3.16. The van der Waals surface area contributed by atoms with E-state index < -0.39 is 16.8 Å². The molecule has 1 amide bonds. The summed E-state index contributed by atoms with van der Waals surface area (Å²) >= 11 is 0. The van der Waals surface area contributed by atoms with Crippen molar-refractivity contribution in [1.29, 1.82) is 0 Å². The zero-order chi connectivity index (χ0) is 17.3. The number of aliphatic imine (C=N–C) groups is 1. The number of hydrogen-bond acceptors (Lipinski definition) is 5. The van der Waals surface area contributed by atoms with E-state index in [0.29, 0.717) is 22.5 Å². The van der Waals surface area contributed by atoms with Crippen LogP contribution in [-0.2, 0) is 20.5 Å². The molecule has 1 aromatic heterocycles. The number of nitrogens with one attached hydrogen (secondary N) is 2. The number of hydrogen-bond donors (Lipinski definition) is 3. The van der Waals surface area contributed by atoms with E-state index in [2.05, 4.69) is 14.8 Å². The van der Waals surface area contributed by atoms with Crippen molar-refractivity contribution in [2.24, 2.45) is 4.99 Å². The second kappa shape index (κ2) is 6.25. The molecule has 24 heavy (non-hydrogen) atoms. The molecule has 0 fully saturated rings. The largest absolute Gasteiger partial charge is 0.361 e. The van der Waals surface area contributed by atoms with Gasteiger partial charge in [-0.2, -0.15) is 4.99 Å². The summed E-state index contributed by atoms with van der Waals surface area (Å²) in [6.07, 6.45) is 3.16. The van der Waals surface area contributed by atoms with Gasteiger partial charge in [0.1, 0.15) is 0 Å². The maximum atomic E-state index is 12.8. The topological polar surface area (TPSA) is 112 Å². The molecule has 9 heteroatoms. The average molecular weight is 344 g/mol. The predicted molar refractivity (Wildman–Crippen MR) is 88.4 cm³/mol. The van der Waals surface area contributed by atoms with Crippen molar-refractivity contribution >= 4 is 45.4 Å². The summed E-state index contributed by atoms with van der Waals surface area (Å²) in [6, 6.07) is 8.25. The Balaban J connectivity index is 2.32. The summed E-state index contributed by atoms with van der Waals surface area (Å²) in [5.41, 5.74) is 2.47. The lowest BCUT2D eigenvalue weighted by atomic mass is 9.98. The van der Waals surface area contributed by atoms with Crippen molar-refractivity contribution in [3.63, 3.8) is 0 Å². The Hall–Kier alpha value is -3.00. The maximum Gasteiger partial charge on any atom is 0.274 e. The molecular weight excluding hydrogens is 332 g/mol. The number of nitrogens with zero attached hydrogens (tertiary/aromatic N) is 2. The van der Waals surface area contributed by atoms with E-state index in [9.17, 15) is 18.0 Å². The Morgan fingerprint density at radius 1 is 1.29 bits per heavy atom. The minimum absolute atomic E-state index is 0.238. The molecule has 0 bridgehead atoms. The molecule has 2 N–H and O–H groups in total. The smallest absolute Gasteiger partial charge is 0.274 e. The van der Waals surface area contributed by atoms with E-state index in [1.165, 1.54) is 6.08 Å². The van der Waals surface area contributed by atoms with Gasteiger partial charge in [-0.25, -0.2) is 18.2 Å². The normalized spacial score (nSPS) is 15.4. The fourth-order valence-corrected chi connectivity index (χ4v) is 3.03. The van der Waals surface area contributed by atoms with Crippen LogP contribution in [0, 0.1) is 0 Å². The molecule has 0 saturated heterocycles. The Morgan fingerprint density at radius 3 is 2.71 bits per heavy atom. The molecule has 0 radical (unpaired) electrons. The van der Waals surface area contributed by atoms with Crippen molar-refractivity contribution in [3.8, 4) is 0 Å². The van der Waals surface area contributed by atoms with Gasteiger partial charge in [0.05, 0.1) is 16.9 Å². The number of fused-ring (bicyclic) bond motifs is 1. The lowest BCUT2D eigenvalue weighted by Crippen LogP contribution is -2.39. The molecule has 122 valence electrons. The molecular formula is C15H12N4O4S. The third kappa shape index (κ3) is 2.56. The summed E-state index contributed by atoms with van der Waals surface area (Å²) in [4.78, 5) is 32.2. The minimum Gasteiger partial charge on any atom is -0.361 e. The van der Waals surface area contributed by atoms with Gasteiger partial charge >= 0.3 is 0 Å². The van der Waals surface area contributed by atoms with Crippen LogP contribution in [0.25, 0.3) is 11.1 Å². The highest BCUT2D eigenvalue weighted by Gasteiger charge is 2.36. The molecule has 3 rings (SSSR count). The van der Waals surface area contributed by atoms with Crippen molar-refractivity contribution in [2.45, 2.75) is 6.92 Å². The summed E-state index contributed by atoms with van der Waals surface area (Å²) in [6.45, 7) is 1.73. The molecule has 2 aromatic rings. The first-order valence-corrected chi connectivity index (χ1v) is 8.03. The van der Waals surface area contributed by atoms with E-state index in [-0.39, 0.29) is 11.3 Å². The van der Waals surface area contributed by atoms with Gasteiger partial charge in [0.2, 0.25) is 17.0 Å². The van der Waals surface area contributed by atoms with Gasteiger partial charge in [-0.05, 0) is 36.8 Å². The van der Waals surface area contributed by atoms with Crippen LogP contribution < -0.4 is 9.84 Å². The van der Waals surface area contributed by atoms with Crippen LogP contribution in [0.3, 0.4) is 0 Å². The third-order valence-corrected chi connectivity index (χ3v) is 4.02. The molecule has 1 aromatic carbocycles. The third-order valence-electron chi connectivity index (χ3n) is 3.65. The van der Waals surface area contributed by atoms with Gasteiger partial charge in [0, 0.05) is 17.5 Å². The highest BCUT2D eigenvalue weighted by molar-refractivity contribution is 7.70. The lowest BCUT2D eigenvalue weighted by molar-refractivity contribution is -0.113. The summed E-state index contributed by atoms with van der Waals surface area (Å²) in [5, 5.41) is 0.923. The molecule has 1 aliphatic rings. The van der Waals surface area contributed by atoms with Crippen LogP contribution in [0.15, 0.2) is 41.5 Å². The van der Waals surface area contributed by atoms with Crippen LogP contribution in [0.1, 0.15) is 18.2 Å². The Morgan fingerprint density at radius 2 is 2.08 bits per heavy atom. The molecule has 0 unspecified atom stereocenters. The number of aromatic amines is 1. The van der Waals surface area contributed by atoms with Gasteiger partial charge in [-0.15, -0.1) is 4.83 Å². The molecule has 2 heterocycles. The number of anilines is 1. The minimum atomic E-state index is -3.05. The van der Waals surface area contributed by atoms with Gasteiger partial charge in [-0.1, -0.05) is 6.07 Å². The van der Waals surface area contributed by atoms with Gasteiger partial charge in [0.15, 0.2) is 0 Å². The Bertz CT molecular complexity index is 961. The molecule has 8 nitrogen and oxygen atoms in total. The Labute approximate surface area is 138 Å². The number of thiol groups is 1. The fraction of sp³-hybridized carbons (Fsp3) is 0.0667. The number of isocyanates is 1. The second-order valence-corrected chi connectivity index (χ2v) is 5.67. The number of amides is 1. The molecule has 0 saturated carbocycles. The van der Waals surface area contributed by atoms with Crippen LogP contribution in [0.4, 0.5) is 11.4 Å². The first-order valence-electron chi connectivity index (χ1n) is 6.85. The number of aromatic nitrogens is 1. The van der Waals surface area contributed by atoms with E-state index in [4.69, 9.17) is 0 Å². The quantitative estimate of drug-likeness (QED) is 0.336. The highest BCUT2D eigenvalue weighted by Crippen LogP contribution is 2.44.